The van der Waals surface area contributed by atoms with Gasteiger partial charge in [0, 0.05) is 37.4 Å². The Morgan fingerprint density at radius 2 is 1.56 bits per heavy atom. The van der Waals surface area contributed by atoms with Gasteiger partial charge in [-0.2, -0.15) is 0 Å². The summed E-state index contributed by atoms with van der Waals surface area (Å²) in [6.07, 6.45) is 0. The minimum absolute atomic E-state index is 0.0702. The Labute approximate surface area is 159 Å². The average molecular weight is 360 g/mol. The highest BCUT2D eigenvalue weighted by Crippen LogP contribution is 2.20. The van der Waals surface area contributed by atoms with Crippen molar-refractivity contribution in [1.82, 2.24) is 14.9 Å². The second kappa shape index (κ2) is 6.99. The number of anilines is 1. The second-order valence-corrected chi connectivity index (χ2v) is 7.22. The van der Waals surface area contributed by atoms with Gasteiger partial charge in [0.15, 0.2) is 0 Å². The highest BCUT2D eigenvalue weighted by molar-refractivity contribution is 5.97. The summed E-state index contributed by atoms with van der Waals surface area (Å²) in [6.45, 7) is 9.15. The number of carbonyl (C=O) groups excluding carboxylic acids is 1. The van der Waals surface area contributed by atoms with Gasteiger partial charge in [-0.3, -0.25) is 4.79 Å². The molecule has 2 heterocycles. The number of carbonyl (C=O) groups is 1. The van der Waals surface area contributed by atoms with Gasteiger partial charge in [0.2, 0.25) is 0 Å². The molecule has 0 radical (unpaired) electrons. The van der Waals surface area contributed by atoms with Crippen LogP contribution in [0.1, 0.15) is 27.3 Å². The molecule has 27 heavy (non-hydrogen) atoms. The quantitative estimate of drug-likeness (QED) is 0.702. The van der Waals surface area contributed by atoms with Crippen LogP contribution in [-0.2, 0) is 0 Å². The first kappa shape index (κ1) is 17.5. The molecule has 4 rings (SSSR count). The summed E-state index contributed by atoms with van der Waals surface area (Å²) in [5.41, 5.74) is 6.61. The third-order valence-corrected chi connectivity index (χ3v) is 5.26. The third-order valence-electron chi connectivity index (χ3n) is 5.26. The Bertz CT molecular complexity index is 1010. The number of fused-ring (bicyclic) bond motifs is 1. The van der Waals surface area contributed by atoms with E-state index in [-0.39, 0.29) is 5.91 Å². The Kier molecular flexibility index (Phi) is 4.52. The number of hydrogen-bond donors (Lipinski definition) is 0. The van der Waals surface area contributed by atoms with Gasteiger partial charge in [-0.1, -0.05) is 12.1 Å². The molecule has 1 aliphatic heterocycles. The lowest BCUT2D eigenvalue weighted by Gasteiger charge is -2.36. The topological polar surface area (TPSA) is 49.3 Å². The molecule has 0 aliphatic carbocycles. The van der Waals surface area contributed by atoms with Crippen LogP contribution in [0.5, 0.6) is 0 Å². The van der Waals surface area contributed by atoms with Gasteiger partial charge in [0.05, 0.1) is 22.4 Å². The highest BCUT2D eigenvalue weighted by Gasteiger charge is 2.22. The first-order chi connectivity index (χ1) is 13.0. The number of amides is 1. The fraction of sp³-hybridized carbons (Fsp3) is 0.318. The fourth-order valence-corrected chi connectivity index (χ4v) is 3.54. The number of rotatable bonds is 2. The van der Waals surface area contributed by atoms with E-state index in [2.05, 4.69) is 46.1 Å². The normalized spacial score (nSPS) is 14.6. The van der Waals surface area contributed by atoms with Gasteiger partial charge in [-0.15, -0.1) is 0 Å². The molecular formula is C22H24N4O. The molecule has 1 amide bonds. The highest BCUT2D eigenvalue weighted by atomic mass is 16.2. The molecule has 0 saturated carbocycles. The summed E-state index contributed by atoms with van der Waals surface area (Å²) in [6, 6.07) is 14.1. The van der Waals surface area contributed by atoms with Crippen LogP contribution < -0.4 is 4.90 Å². The summed E-state index contributed by atoms with van der Waals surface area (Å²) in [5.74, 6) is 0.0702. The molecule has 2 aromatic carbocycles. The zero-order chi connectivity index (χ0) is 19.0. The third kappa shape index (κ3) is 3.50. The molecular weight excluding hydrogens is 336 g/mol. The maximum atomic E-state index is 13.0. The van der Waals surface area contributed by atoms with Crippen LogP contribution in [0.15, 0.2) is 42.5 Å². The van der Waals surface area contributed by atoms with Gasteiger partial charge >= 0.3 is 0 Å². The van der Waals surface area contributed by atoms with Crippen LogP contribution in [0.3, 0.4) is 0 Å². The molecule has 0 spiro atoms. The largest absolute Gasteiger partial charge is 0.368 e. The molecule has 5 nitrogen and oxygen atoms in total. The first-order valence-electron chi connectivity index (χ1n) is 9.37. The predicted octanol–water partition coefficient (Wildman–Crippen LogP) is 3.52. The van der Waals surface area contributed by atoms with Crippen molar-refractivity contribution in [2.24, 2.45) is 0 Å². The van der Waals surface area contributed by atoms with Gasteiger partial charge < -0.3 is 9.80 Å². The Morgan fingerprint density at radius 3 is 2.26 bits per heavy atom. The molecule has 3 aromatic rings. The molecule has 1 aromatic heterocycles. The monoisotopic (exact) mass is 360 g/mol. The van der Waals surface area contributed by atoms with Crippen molar-refractivity contribution in [3.63, 3.8) is 0 Å². The maximum Gasteiger partial charge on any atom is 0.254 e. The fourth-order valence-electron chi connectivity index (χ4n) is 3.54. The molecule has 5 heteroatoms. The van der Waals surface area contributed by atoms with Crippen molar-refractivity contribution >= 4 is 22.6 Å². The van der Waals surface area contributed by atoms with E-state index in [0.29, 0.717) is 5.56 Å². The van der Waals surface area contributed by atoms with E-state index >= 15 is 0 Å². The van der Waals surface area contributed by atoms with Crippen molar-refractivity contribution < 1.29 is 4.79 Å². The Balaban J connectivity index is 1.49. The van der Waals surface area contributed by atoms with E-state index in [4.69, 9.17) is 0 Å². The molecule has 0 N–H and O–H groups in total. The van der Waals surface area contributed by atoms with E-state index in [1.54, 1.807) is 0 Å². The van der Waals surface area contributed by atoms with Crippen LogP contribution in [-0.4, -0.2) is 47.0 Å². The first-order valence-corrected chi connectivity index (χ1v) is 9.37. The zero-order valence-corrected chi connectivity index (χ0v) is 16.1. The van der Waals surface area contributed by atoms with Crippen LogP contribution in [0.2, 0.25) is 0 Å². The zero-order valence-electron chi connectivity index (χ0n) is 16.1. The lowest BCUT2D eigenvalue weighted by Crippen LogP contribution is -2.48. The minimum Gasteiger partial charge on any atom is -0.368 e. The predicted molar refractivity (Wildman–Crippen MR) is 108 cm³/mol. The smallest absolute Gasteiger partial charge is 0.254 e. The molecule has 0 unspecified atom stereocenters. The van der Waals surface area contributed by atoms with E-state index in [0.717, 1.165) is 48.6 Å². The van der Waals surface area contributed by atoms with Gasteiger partial charge in [-0.25, -0.2) is 9.97 Å². The molecule has 0 bridgehead atoms. The molecule has 0 atom stereocenters. The van der Waals surface area contributed by atoms with Gasteiger partial charge in [0.25, 0.3) is 5.91 Å². The number of aromatic nitrogens is 2. The summed E-state index contributed by atoms with van der Waals surface area (Å²) >= 11 is 0. The standard InChI is InChI=1S/C22H24N4O/c1-15-5-4-6-19(13-15)25-9-11-26(12-10-25)22(27)18-7-8-20-21(14-18)24-17(3)16(2)23-20/h4-8,13-14H,9-12H2,1-3H3. The van der Waals surface area contributed by atoms with Crippen molar-refractivity contribution in [1.29, 1.82) is 0 Å². The van der Waals surface area contributed by atoms with Gasteiger partial charge in [0.1, 0.15) is 0 Å². The summed E-state index contributed by atoms with van der Waals surface area (Å²) < 4.78 is 0. The van der Waals surface area contributed by atoms with Gasteiger partial charge in [-0.05, 0) is 56.7 Å². The average Bonchev–Trinajstić information content (AvgIpc) is 2.68. The maximum absolute atomic E-state index is 13.0. The van der Waals surface area contributed by atoms with Crippen LogP contribution in [0, 0.1) is 20.8 Å². The second-order valence-electron chi connectivity index (χ2n) is 7.22. The van der Waals surface area contributed by atoms with E-state index in [1.165, 1.54) is 11.3 Å². The summed E-state index contributed by atoms with van der Waals surface area (Å²) in [5, 5.41) is 0. The number of nitrogens with zero attached hydrogens (tertiary/aromatic N) is 4. The number of aryl methyl sites for hydroxylation is 3. The van der Waals surface area contributed by atoms with Crippen LogP contribution in [0.4, 0.5) is 5.69 Å². The van der Waals surface area contributed by atoms with Crippen LogP contribution >= 0.6 is 0 Å². The van der Waals surface area contributed by atoms with Crippen molar-refractivity contribution in [3.05, 3.63) is 65.0 Å². The molecule has 1 fully saturated rings. The van der Waals surface area contributed by atoms with E-state index < -0.39 is 0 Å². The summed E-state index contributed by atoms with van der Waals surface area (Å²) in [4.78, 5) is 26.4. The molecule has 1 saturated heterocycles. The number of piperazine rings is 1. The van der Waals surface area contributed by atoms with Crippen molar-refractivity contribution in [3.8, 4) is 0 Å². The minimum atomic E-state index is 0.0702. The summed E-state index contributed by atoms with van der Waals surface area (Å²) in [7, 11) is 0. The van der Waals surface area contributed by atoms with E-state index in [1.807, 2.05) is 36.9 Å². The Morgan fingerprint density at radius 1 is 0.852 bits per heavy atom. The van der Waals surface area contributed by atoms with Crippen LogP contribution in [0.25, 0.3) is 11.0 Å². The molecule has 138 valence electrons. The van der Waals surface area contributed by atoms with Crippen molar-refractivity contribution in [2.45, 2.75) is 20.8 Å². The molecule has 1 aliphatic rings. The Hall–Kier alpha value is -2.95. The number of hydrogen-bond acceptors (Lipinski definition) is 4. The lowest BCUT2D eigenvalue weighted by atomic mass is 10.1. The van der Waals surface area contributed by atoms with Crippen molar-refractivity contribution in [2.75, 3.05) is 31.1 Å². The number of benzene rings is 2. The lowest BCUT2D eigenvalue weighted by molar-refractivity contribution is 0.0747. The van der Waals surface area contributed by atoms with E-state index in [9.17, 15) is 4.79 Å². The SMILES string of the molecule is Cc1cccc(N2CCN(C(=O)c3ccc4nc(C)c(C)nc4c3)CC2)c1.